The van der Waals surface area contributed by atoms with E-state index >= 15 is 0 Å². The van der Waals surface area contributed by atoms with Crippen molar-refractivity contribution >= 4 is 16.9 Å². The Hall–Kier alpha value is -1.77. The number of para-hydroxylation sites is 1. The zero-order chi connectivity index (χ0) is 11.9. The highest BCUT2D eigenvalue weighted by molar-refractivity contribution is 6.04. The molecule has 0 radical (unpaired) electrons. The SMILES string of the molecule is CC(C)c1cccc2c(C(=O)O)cn(C)c12. The zero-order valence-electron chi connectivity index (χ0n) is 9.69. The average molecular weight is 217 g/mol. The lowest BCUT2D eigenvalue weighted by atomic mass is 9.99. The first kappa shape index (κ1) is 10.7. The molecule has 1 aromatic heterocycles. The Labute approximate surface area is 94.3 Å². The minimum absolute atomic E-state index is 0.375. The second kappa shape index (κ2) is 3.67. The number of fused-ring (bicyclic) bond motifs is 1. The van der Waals surface area contributed by atoms with Gasteiger partial charge >= 0.3 is 5.97 Å². The van der Waals surface area contributed by atoms with E-state index in [1.54, 1.807) is 6.20 Å². The molecule has 2 aromatic rings. The summed E-state index contributed by atoms with van der Waals surface area (Å²) in [5, 5.41) is 9.93. The molecule has 0 atom stereocenters. The molecule has 3 heteroatoms. The maximum Gasteiger partial charge on any atom is 0.337 e. The van der Waals surface area contributed by atoms with Gasteiger partial charge in [-0.3, -0.25) is 0 Å². The van der Waals surface area contributed by atoms with Gasteiger partial charge in [-0.2, -0.15) is 0 Å². The van der Waals surface area contributed by atoms with E-state index in [1.807, 2.05) is 23.7 Å². The first-order chi connectivity index (χ1) is 7.52. The van der Waals surface area contributed by atoms with Gasteiger partial charge in [0.1, 0.15) is 0 Å². The number of hydrogen-bond acceptors (Lipinski definition) is 1. The highest BCUT2D eigenvalue weighted by Gasteiger charge is 2.15. The van der Waals surface area contributed by atoms with Crippen molar-refractivity contribution in [3.05, 3.63) is 35.5 Å². The van der Waals surface area contributed by atoms with Crippen LogP contribution in [-0.4, -0.2) is 15.6 Å². The number of rotatable bonds is 2. The first-order valence-electron chi connectivity index (χ1n) is 5.33. The van der Waals surface area contributed by atoms with E-state index in [1.165, 1.54) is 5.56 Å². The Morgan fingerprint density at radius 1 is 1.38 bits per heavy atom. The number of benzene rings is 1. The molecule has 0 aliphatic rings. The number of aromatic nitrogens is 1. The lowest BCUT2D eigenvalue weighted by molar-refractivity contribution is 0.0699. The van der Waals surface area contributed by atoms with Crippen LogP contribution in [0.3, 0.4) is 0 Å². The summed E-state index contributed by atoms with van der Waals surface area (Å²) in [7, 11) is 1.89. The number of nitrogens with zero attached hydrogens (tertiary/aromatic N) is 1. The summed E-state index contributed by atoms with van der Waals surface area (Å²) >= 11 is 0. The third-order valence-electron chi connectivity index (χ3n) is 2.89. The summed E-state index contributed by atoms with van der Waals surface area (Å²) < 4.78 is 1.90. The Morgan fingerprint density at radius 2 is 2.06 bits per heavy atom. The fourth-order valence-electron chi connectivity index (χ4n) is 2.14. The molecule has 0 saturated heterocycles. The Morgan fingerprint density at radius 3 is 2.62 bits per heavy atom. The molecule has 0 aliphatic carbocycles. The number of aryl methyl sites for hydroxylation is 1. The quantitative estimate of drug-likeness (QED) is 0.840. The van der Waals surface area contributed by atoms with Crippen LogP contribution in [0.5, 0.6) is 0 Å². The van der Waals surface area contributed by atoms with Crippen molar-refractivity contribution < 1.29 is 9.90 Å². The standard InChI is InChI=1S/C13H15NO2/c1-8(2)9-5-4-6-10-11(13(15)16)7-14(3)12(9)10/h4-8H,1-3H3,(H,15,16). The molecule has 1 heterocycles. The molecule has 0 spiro atoms. The Kier molecular flexibility index (Phi) is 2.46. The molecule has 0 amide bonds. The van der Waals surface area contributed by atoms with Crippen molar-refractivity contribution in [3.63, 3.8) is 0 Å². The van der Waals surface area contributed by atoms with Gasteiger partial charge in [0, 0.05) is 18.6 Å². The molecular formula is C13H15NO2. The Balaban J connectivity index is 2.84. The maximum atomic E-state index is 11.1. The van der Waals surface area contributed by atoms with Crippen molar-refractivity contribution in [2.75, 3.05) is 0 Å². The molecule has 84 valence electrons. The van der Waals surface area contributed by atoms with Crippen molar-refractivity contribution in [2.24, 2.45) is 7.05 Å². The number of carboxylic acids is 1. The molecule has 16 heavy (non-hydrogen) atoms. The second-order valence-electron chi connectivity index (χ2n) is 4.36. The molecule has 0 aliphatic heterocycles. The van der Waals surface area contributed by atoms with E-state index in [4.69, 9.17) is 5.11 Å². The van der Waals surface area contributed by atoms with Gasteiger partial charge in [0.25, 0.3) is 0 Å². The zero-order valence-corrected chi connectivity index (χ0v) is 9.69. The summed E-state index contributed by atoms with van der Waals surface area (Å²) in [6.07, 6.45) is 1.68. The molecular weight excluding hydrogens is 202 g/mol. The molecule has 0 fully saturated rings. The summed E-state index contributed by atoms with van der Waals surface area (Å²) in [5.41, 5.74) is 2.59. The van der Waals surface area contributed by atoms with Crippen LogP contribution >= 0.6 is 0 Å². The van der Waals surface area contributed by atoms with E-state index in [2.05, 4.69) is 19.9 Å². The first-order valence-corrected chi connectivity index (χ1v) is 5.33. The smallest absolute Gasteiger partial charge is 0.337 e. The van der Waals surface area contributed by atoms with Crippen molar-refractivity contribution in [2.45, 2.75) is 19.8 Å². The summed E-state index contributed by atoms with van der Waals surface area (Å²) in [6.45, 7) is 4.23. The van der Waals surface area contributed by atoms with E-state index in [-0.39, 0.29) is 0 Å². The second-order valence-corrected chi connectivity index (χ2v) is 4.36. The molecule has 0 unspecified atom stereocenters. The number of aromatic carboxylic acids is 1. The van der Waals surface area contributed by atoms with Crippen molar-refractivity contribution in [1.29, 1.82) is 0 Å². The number of hydrogen-bond donors (Lipinski definition) is 1. The topological polar surface area (TPSA) is 42.2 Å². The van der Waals surface area contributed by atoms with Gasteiger partial charge in [0.2, 0.25) is 0 Å². The minimum Gasteiger partial charge on any atom is -0.478 e. The molecule has 3 nitrogen and oxygen atoms in total. The van der Waals surface area contributed by atoms with Crippen LogP contribution in [0.25, 0.3) is 10.9 Å². The third-order valence-corrected chi connectivity index (χ3v) is 2.89. The molecule has 1 aromatic carbocycles. The average Bonchev–Trinajstić information content (AvgIpc) is 2.56. The fourth-order valence-corrected chi connectivity index (χ4v) is 2.14. The van der Waals surface area contributed by atoms with Gasteiger partial charge in [-0.15, -0.1) is 0 Å². The van der Waals surface area contributed by atoms with Crippen LogP contribution in [0, 0.1) is 0 Å². The molecule has 0 saturated carbocycles. The van der Waals surface area contributed by atoms with E-state index in [0.29, 0.717) is 11.5 Å². The monoisotopic (exact) mass is 217 g/mol. The van der Waals surface area contributed by atoms with Gasteiger partial charge in [0.15, 0.2) is 0 Å². The van der Waals surface area contributed by atoms with Crippen LogP contribution < -0.4 is 0 Å². The van der Waals surface area contributed by atoms with E-state index in [0.717, 1.165) is 10.9 Å². The molecule has 2 rings (SSSR count). The normalized spacial score (nSPS) is 11.2. The van der Waals surface area contributed by atoms with Gasteiger partial charge in [-0.05, 0) is 11.5 Å². The van der Waals surface area contributed by atoms with Gasteiger partial charge in [-0.25, -0.2) is 4.79 Å². The van der Waals surface area contributed by atoms with Crippen LogP contribution in [0.15, 0.2) is 24.4 Å². The summed E-state index contributed by atoms with van der Waals surface area (Å²) in [5.74, 6) is -0.481. The van der Waals surface area contributed by atoms with Crippen molar-refractivity contribution in [1.82, 2.24) is 4.57 Å². The minimum atomic E-state index is -0.869. The highest BCUT2D eigenvalue weighted by Crippen LogP contribution is 2.28. The maximum absolute atomic E-state index is 11.1. The van der Waals surface area contributed by atoms with Crippen LogP contribution in [0.4, 0.5) is 0 Å². The molecule has 0 bridgehead atoms. The predicted molar refractivity (Wildman–Crippen MR) is 64.0 cm³/mol. The number of carboxylic acid groups (broad SMARTS) is 1. The summed E-state index contributed by atoms with van der Waals surface area (Å²) in [6, 6.07) is 5.84. The van der Waals surface area contributed by atoms with Gasteiger partial charge in [-0.1, -0.05) is 32.0 Å². The molecule has 1 N–H and O–H groups in total. The lowest BCUT2D eigenvalue weighted by Gasteiger charge is -2.09. The Bertz CT molecular complexity index is 552. The largest absolute Gasteiger partial charge is 0.478 e. The third kappa shape index (κ3) is 1.48. The van der Waals surface area contributed by atoms with Crippen molar-refractivity contribution in [3.8, 4) is 0 Å². The van der Waals surface area contributed by atoms with Gasteiger partial charge < -0.3 is 9.67 Å². The highest BCUT2D eigenvalue weighted by atomic mass is 16.4. The lowest BCUT2D eigenvalue weighted by Crippen LogP contribution is -1.94. The van der Waals surface area contributed by atoms with E-state index < -0.39 is 5.97 Å². The van der Waals surface area contributed by atoms with Crippen LogP contribution in [0.1, 0.15) is 35.7 Å². The summed E-state index contributed by atoms with van der Waals surface area (Å²) in [4.78, 5) is 11.1. The fraction of sp³-hybridized carbons (Fsp3) is 0.308. The van der Waals surface area contributed by atoms with E-state index in [9.17, 15) is 4.79 Å². The van der Waals surface area contributed by atoms with Crippen LogP contribution in [-0.2, 0) is 7.05 Å². The predicted octanol–water partition coefficient (Wildman–Crippen LogP) is 3.00. The van der Waals surface area contributed by atoms with Gasteiger partial charge in [0.05, 0.1) is 11.1 Å². The number of carbonyl (C=O) groups is 1. The van der Waals surface area contributed by atoms with Crippen LogP contribution in [0.2, 0.25) is 0 Å².